The number of nitrogens with zero attached hydrogens (tertiary/aromatic N) is 2. The molecule has 0 aliphatic carbocycles. The summed E-state index contributed by atoms with van der Waals surface area (Å²) in [5.74, 6) is 0.755. The molecule has 2 aromatic heterocycles. The highest BCUT2D eigenvalue weighted by Gasteiger charge is 2.43. The van der Waals surface area contributed by atoms with Crippen molar-refractivity contribution in [3.63, 3.8) is 0 Å². The number of rotatable bonds is 6. The van der Waals surface area contributed by atoms with Crippen LogP contribution >= 0.6 is 0 Å². The van der Waals surface area contributed by atoms with Crippen LogP contribution in [0, 0.1) is 6.92 Å². The molecule has 0 saturated heterocycles. The second-order valence-electron chi connectivity index (χ2n) is 18.9. The Hall–Kier alpha value is -7.76. The molecule has 0 radical (unpaired) electrons. The molecule has 9 aromatic carbocycles. The number of benzene rings is 9. The first-order chi connectivity index (χ1) is 32.3. The van der Waals surface area contributed by atoms with Crippen molar-refractivity contribution < 1.29 is 8.83 Å². The van der Waals surface area contributed by atoms with Crippen molar-refractivity contribution in [2.45, 2.75) is 46.5 Å². The second-order valence-corrected chi connectivity index (χ2v) is 18.9. The highest BCUT2D eigenvalue weighted by molar-refractivity contribution is 7.00. The largest absolute Gasteiger partial charge is 0.455 e. The molecule has 5 heteroatoms. The maximum absolute atomic E-state index is 6.50. The lowest BCUT2D eigenvalue weighted by atomic mass is 9.33. The van der Waals surface area contributed by atoms with E-state index in [9.17, 15) is 0 Å². The molecule has 2 aliphatic rings. The minimum absolute atomic E-state index is 0.0467. The third-order valence-electron chi connectivity index (χ3n) is 14.3. The van der Waals surface area contributed by atoms with Crippen molar-refractivity contribution in [3.8, 4) is 22.3 Å². The molecule has 0 unspecified atom stereocenters. The molecule has 4 heterocycles. The molecule has 0 saturated carbocycles. The summed E-state index contributed by atoms with van der Waals surface area (Å²) in [5.41, 5.74) is 23.1. The molecule has 4 nitrogen and oxygen atoms in total. The van der Waals surface area contributed by atoms with Gasteiger partial charge in [0.15, 0.2) is 0 Å². The average Bonchev–Trinajstić information content (AvgIpc) is 3.92. The molecule has 11 aromatic rings. The van der Waals surface area contributed by atoms with Gasteiger partial charge in [-0.3, -0.25) is 0 Å². The van der Waals surface area contributed by atoms with Gasteiger partial charge in [-0.05, 0) is 124 Å². The van der Waals surface area contributed by atoms with Gasteiger partial charge in [-0.2, -0.15) is 0 Å². The molecule has 0 spiro atoms. The number of para-hydroxylation sites is 4. The molecule has 316 valence electrons. The van der Waals surface area contributed by atoms with E-state index in [1.807, 2.05) is 12.1 Å². The molecular formula is C61H47BN2O2. The van der Waals surface area contributed by atoms with E-state index in [4.69, 9.17) is 8.83 Å². The first-order valence-electron chi connectivity index (χ1n) is 23.3. The summed E-state index contributed by atoms with van der Waals surface area (Å²) in [6.07, 6.45) is 0. The smallest absolute Gasteiger partial charge is 0.252 e. The maximum atomic E-state index is 6.50. The number of fused-ring (bicyclic) bond motifs is 10. The number of hydrogen-bond donors (Lipinski definition) is 0. The Balaban J connectivity index is 0.989. The zero-order valence-electron chi connectivity index (χ0n) is 37.8. The SMILES string of the molecule is Cc1cc2c3c(c1)N(c1ccc(-c4cccc5c4oc4ccccc45)cc1)c1cc(C(C)C)ccc1B3c1ccc(C(C)C)cc1N2c1ccc(-c2cccc3c2oc2ccccc23)cc1. The molecule has 0 bridgehead atoms. The minimum atomic E-state index is 0.0467. The first-order valence-corrected chi connectivity index (χ1v) is 23.3. The second kappa shape index (κ2) is 14.6. The van der Waals surface area contributed by atoms with Crippen LogP contribution in [0.3, 0.4) is 0 Å². The lowest BCUT2D eigenvalue weighted by Gasteiger charge is -2.44. The number of aryl methyl sites for hydroxylation is 1. The minimum Gasteiger partial charge on any atom is -0.455 e. The lowest BCUT2D eigenvalue weighted by molar-refractivity contribution is 0.669. The summed E-state index contributed by atoms with van der Waals surface area (Å²) in [4.78, 5) is 5.05. The van der Waals surface area contributed by atoms with Crippen LogP contribution in [0.2, 0.25) is 0 Å². The van der Waals surface area contributed by atoms with Crippen LogP contribution in [0.15, 0.2) is 191 Å². The highest BCUT2D eigenvalue weighted by Crippen LogP contribution is 2.47. The van der Waals surface area contributed by atoms with Crippen LogP contribution in [-0.4, -0.2) is 6.71 Å². The van der Waals surface area contributed by atoms with Gasteiger partial charge < -0.3 is 18.6 Å². The van der Waals surface area contributed by atoms with E-state index in [2.05, 4.69) is 214 Å². The van der Waals surface area contributed by atoms with Gasteiger partial charge in [0.25, 0.3) is 6.71 Å². The van der Waals surface area contributed by atoms with Gasteiger partial charge >= 0.3 is 0 Å². The first kappa shape index (κ1) is 38.7. The van der Waals surface area contributed by atoms with Crippen LogP contribution in [-0.2, 0) is 0 Å². The highest BCUT2D eigenvalue weighted by atomic mass is 16.3. The van der Waals surface area contributed by atoms with E-state index in [1.165, 1.54) is 55.8 Å². The fourth-order valence-electron chi connectivity index (χ4n) is 11.0. The number of furan rings is 2. The molecule has 66 heavy (non-hydrogen) atoms. The summed E-state index contributed by atoms with van der Waals surface area (Å²) < 4.78 is 13.0. The fourth-order valence-corrected chi connectivity index (χ4v) is 11.0. The quantitative estimate of drug-likeness (QED) is 0.156. The summed E-state index contributed by atoms with van der Waals surface area (Å²) >= 11 is 0. The molecule has 0 amide bonds. The molecular weight excluding hydrogens is 803 g/mol. The Morgan fingerprint density at radius 2 is 0.833 bits per heavy atom. The van der Waals surface area contributed by atoms with Gasteiger partial charge in [-0.25, -0.2) is 0 Å². The third-order valence-corrected chi connectivity index (χ3v) is 14.3. The molecule has 13 rings (SSSR count). The van der Waals surface area contributed by atoms with E-state index in [1.54, 1.807) is 0 Å². The predicted octanol–water partition coefficient (Wildman–Crippen LogP) is 15.5. The Morgan fingerprint density at radius 3 is 1.27 bits per heavy atom. The van der Waals surface area contributed by atoms with Crippen molar-refractivity contribution >= 4 is 101 Å². The zero-order valence-corrected chi connectivity index (χ0v) is 37.8. The van der Waals surface area contributed by atoms with Gasteiger partial charge in [0.2, 0.25) is 0 Å². The Morgan fingerprint density at radius 1 is 0.409 bits per heavy atom. The Labute approximate surface area is 385 Å². The summed E-state index contributed by atoms with van der Waals surface area (Å²) in [5, 5.41) is 4.56. The van der Waals surface area contributed by atoms with Gasteiger partial charge in [-0.15, -0.1) is 0 Å². The molecule has 0 N–H and O–H groups in total. The van der Waals surface area contributed by atoms with Gasteiger partial charge in [-0.1, -0.05) is 149 Å². The topological polar surface area (TPSA) is 32.8 Å². The van der Waals surface area contributed by atoms with E-state index < -0.39 is 0 Å². The summed E-state index contributed by atoms with van der Waals surface area (Å²) in [7, 11) is 0. The fraction of sp³-hybridized carbons (Fsp3) is 0.115. The summed E-state index contributed by atoms with van der Waals surface area (Å²) in [6, 6.07) is 67.1. The Bertz CT molecular complexity index is 3500. The van der Waals surface area contributed by atoms with Crippen molar-refractivity contribution in [2.75, 3.05) is 9.80 Å². The van der Waals surface area contributed by atoms with E-state index in [0.29, 0.717) is 11.8 Å². The van der Waals surface area contributed by atoms with Crippen LogP contribution in [0.5, 0.6) is 0 Å². The van der Waals surface area contributed by atoms with Gasteiger partial charge in [0.05, 0.1) is 0 Å². The van der Waals surface area contributed by atoms with Crippen molar-refractivity contribution in [1.29, 1.82) is 0 Å². The van der Waals surface area contributed by atoms with Crippen molar-refractivity contribution in [3.05, 3.63) is 199 Å². The lowest BCUT2D eigenvalue weighted by Crippen LogP contribution is -2.61. The molecule has 0 atom stereocenters. The normalized spacial score (nSPS) is 13.1. The number of anilines is 6. The zero-order chi connectivity index (χ0) is 44.4. The molecule has 0 fully saturated rings. The average molecular weight is 851 g/mol. The van der Waals surface area contributed by atoms with Crippen molar-refractivity contribution in [2.24, 2.45) is 0 Å². The van der Waals surface area contributed by atoms with Crippen LogP contribution in [0.1, 0.15) is 56.2 Å². The standard InChI is InChI=1S/C61H47BN2O2/c1-36(2)41-24-30-51-53(34-41)63(43-26-20-39(21-27-43)45-14-10-16-49-47-12-6-8-18-57(47)65-60(45)49)55-32-38(5)33-56-59(55)62(51)52-31-25-42(37(3)4)35-54(52)64(56)44-28-22-40(23-29-44)46-15-11-17-50-48-13-7-9-19-58(48)66-61(46)50/h6-37H,1-5H3. The monoisotopic (exact) mass is 850 g/mol. The van der Waals surface area contributed by atoms with E-state index in [-0.39, 0.29) is 6.71 Å². The van der Waals surface area contributed by atoms with Crippen LogP contribution in [0.25, 0.3) is 66.1 Å². The van der Waals surface area contributed by atoms with Crippen LogP contribution in [0.4, 0.5) is 34.1 Å². The van der Waals surface area contributed by atoms with Gasteiger partial charge in [0.1, 0.15) is 22.3 Å². The maximum Gasteiger partial charge on any atom is 0.252 e. The van der Waals surface area contributed by atoms with E-state index in [0.717, 1.165) is 77.5 Å². The van der Waals surface area contributed by atoms with E-state index >= 15 is 0 Å². The van der Waals surface area contributed by atoms with Gasteiger partial charge in [0, 0.05) is 66.8 Å². The molecule has 2 aliphatic heterocycles. The summed E-state index contributed by atoms with van der Waals surface area (Å²) in [6.45, 7) is 11.5. The third kappa shape index (κ3) is 5.79. The Kier molecular flexibility index (Phi) is 8.58. The predicted molar refractivity (Wildman–Crippen MR) is 279 cm³/mol. The van der Waals surface area contributed by atoms with Crippen molar-refractivity contribution in [1.82, 2.24) is 0 Å². The van der Waals surface area contributed by atoms with Crippen LogP contribution < -0.4 is 26.2 Å². The number of hydrogen-bond acceptors (Lipinski definition) is 4.